The fourth-order valence-corrected chi connectivity index (χ4v) is 3.27. The van der Waals surface area contributed by atoms with Crippen LogP contribution in [0.3, 0.4) is 0 Å². The van der Waals surface area contributed by atoms with E-state index in [0.29, 0.717) is 23.2 Å². The number of amides is 1. The summed E-state index contributed by atoms with van der Waals surface area (Å²) >= 11 is 1.29. The maximum Gasteiger partial charge on any atom is 0.305 e. The minimum absolute atomic E-state index is 0.167. The van der Waals surface area contributed by atoms with Gasteiger partial charge in [-0.25, -0.2) is 4.39 Å². The Labute approximate surface area is 138 Å². The van der Waals surface area contributed by atoms with Crippen LogP contribution in [-0.4, -0.2) is 25.5 Å². The van der Waals surface area contributed by atoms with Gasteiger partial charge < -0.3 is 10.1 Å². The molecule has 0 unspecified atom stereocenters. The van der Waals surface area contributed by atoms with Crippen molar-refractivity contribution < 1.29 is 18.7 Å². The number of rotatable bonds is 8. The number of halogens is 1. The molecule has 1 amide bonds. The van der Waals surface area contributed by atoms with Gasteiger partial charge in [0, 0.05) is 23.1 Å². The van der Waals surface area contributed by atoms with Gasteiger partial charge in [-0.2, -0.15) is 0 Å². The average molecular weight is 337 g/mol. The van der Waals surface area contributed by atoms with Gasteiger partial charge in [-0.05, 0) is 31.0 Å². The predicted octanol–water partition coefficient (Wildman–Crippen LogP) is 3.89. The Bertz CT molecular complexity index is 684. The zero-order valence-electron chi connectivity index (χ0n) is 13.1. The zero-order valence-corrected chi connectivity index (χ0v) is 13.9. The van der Waals surface area contributed by atoms with E-state index in [1.54, 1.807) is 18.2 Å². The molecule has 0 aliphatic carbocycles. The van der Waals surface area contributed by atoms with Crippen LogP contribution in [0.2, 0.25) is 0 Å². The molecular weight excluding hydrogens is 317 g/mol. The number of carbonyl (C=O) groups excluding carboxylic acids is 2. The number of nitrogens with one attached hydrogen (secondary N) is 1. The van der Waals surface area contributed by atoms with Gasteiger partial charge in [0.15, 0.2) is 0 Å². The lowest BCUT2D eigenvalue weighted by molar-refractivity contribution is -0.140. The number of ether oxygens (including phenoxy) is 1. The smallest absolute Gasteiger partial charge is 0.305 e. The second kappa shape index (κ2) is 8.62. The van der Waals surface area contributed by atoms with E-state index in [1.807, 2.05) is 0 Å². The molecule has 0 fully saturated rings. The molecule has 4 nitrogen and oxygen atoms in total. The SMILES string of the molecule is COC(=O)CCCCCCNC(=O)c1cc2c(F)cccc2s1. The summed E-state index contributed by atoms with van der Waals surface area (Å²) in [5, 5.41) is 3.34. The summed E-state index contributed by atoms with van der Waals surface area (Å²) in [5.41, 5.74) is 0. The first-order valence-corrected chi connectivity index (χ1v) is 8.46. The van der Waals surface area contributed by atoms with Gasteiger partial charge in [-0.3, -0.25) is 9.59 Å². The predicted molar refractivity (Wildman–Crippen MR) is 89.2 cm³/mol. The molecule has 0 radical (unpaired) electrons. The van der Waals surface area contributed by atoms with E-state index in [4.69, 9.17) is 0 Å². The molecule has 124 valence electrons. The second-order valence-electron chi connectivity index (χ2n) is 5.26. The van der Waals surface area contributed by atoms with E-state index in [-0.39, 0.29) is 17.7 Å². The Balaban J connectivity index is 1.70. The quantitative estimate of drug-likeness (QED) is 0.587. The first-order valence-electron chi connectivity index (χ1n) is 7.65. The molecule has 0 aliphatic rings. The molecule has 0 saturated heterocycles. The molecule has 23 heavy (non-hydrogen) atoms. The Kier molecular flexibility index (Phi) is 6.52. The molecule has 1 heterocycles. The van der Waals surface area contributed by atoms with Crippen molar-refractivity contribution in [3.05, 3.63) is 35.0 Å². The number of benzene rings is 1. The van der Waals surface area contributed by atoms with Gasteiger partial charge in [-0.1, -0.05) is 18.9 Å². The van der Waals surface area contributed by atoms with Crippen molar-refractivity contribution >= 4 is 33.3 Å². The summed E-state index contributed by atoms with van der Waals surface area (Å²) in [6.45, 7) is 0.577. The monoisotopic (exact) mass is 337 g/mol. The number of esters is 1. The summed E-state index contributed by atoms with van der Waals surface area (Å²) in [4.78, 5) is 23.5. The highest BCUT2D eigenvalue weighted by Gasteiger charge is 2.11. The Morgan fingerprint density at radius 1 is 1.22 bits per heavy atom. The van der Waals surface area contributed by atoms with Gasteiger partial charge >= 0.3 is 5.97 Å². The van der Waals surface area contributed by atoms with Crippen LogP contribution < -0.4 is 5.32 Å². The third-order valence-electron chi connectivity index (χ3n) is 3.55. The van der Waals surface area contributed by atoms with Crippen LogP contribution in [-0.2, 0) is 9.53 Å². The molecule has 2 aromatic rings. The first kappa shape index (κ1) is 17.4. The molecule has 0 aliphatic heterocycles. The lowest BCUT2D eigenvalue weighted by Crippen LogP contribution is -2.23. The second-order valence-corrected chi connectivity index (χ2v) is 6.34. The zero-order chi connectivity index (χ0) is 16.7. The van der Waals surface area contributed by atoms with Crippen molar-refractivity contribution in [3.63, 3.8) is 0 Å². The third kappa shape index (κ3) is 5.03. The Morgan fingerprint density at radius 3 is 2.74 bits per heavy atom. The third-order valence-corrected chi connectivity index (χ3v) is 4.65. The van der Waals surface area contributed by atoms with Crippen LogP contribution in [0, 0.1) is 5.82 Å². The lowest BCUT2D eigenvalue weighted by Gasteiger charge is -2.03. The number of methoxy groups -OCH3 is 1. The lowest BCUT2D eigenvalue weighted by atomic mass is 10.1. The van der Waals surface area contributed by atoms with E-state index in [0.717, 1.165) is 30.4 Å². The van der Waals surface area contributed by atoms with Crippen molar-refractivity contribution in [1.82, 2.24) is 5.32 Å². The van der Waals surface area contributed by atoms with Crippen molar-refractivity contribution in [2.45, 2.75) is 32.1 Å². The molecule has 1 aromatic carbocycles. The van der Waals surface area contributed by atoms with E-state index in [9.17, 15) is 14.0 Å². The minimum atomic E-state index is -0.302. The summed E-state index contributed by atoms with van der Waals surface area (Å²) in [5.74, 6) is -0.654. The van der Waals surface area contributed by atoms with Crippen LogP contribution in [0.4, 0.5) is 4.39 Å². The van der Waals surface area contributed by atoms with Crippen molar-refractivity contribution in [1.29, 1.82) is 0 Å². The molecule has 0 bridgehead atoms. The van der Waals surface area contributed by atoms with Gasteiger partial charge in [0.2, 0.25) is 0 Å². The topological polar surface area (TPSA) is 55.4 Å². The highest BCUT2D eigenvalue weighted by molar-refractivity contribution is 7.20. The highest BCUT2D eigenvalue weighted by atomic mass is 32.1. The minimum Gasteiger partial charge on any atom is -0.469 e. The summed E-state index contributed by atoms with van der Waals surface area (Å²) in [6.07, 6.45) is 3.97. The van der Waals surface area contributed by atoms with Gasteiger partial charge in [0.25, 0.3) is 5.91 Å². The molecule has 0 saturated carbocycles. The van der Waals surface area contributed by atoms with Crippen LogP contribution in [0.1, 0.15) is 41.8 Å². The van der Waals surface area contributed by atoms with Gasteiger partial charge in [0.1, 0.15) is 5.82 Å². The fraction of sp³-hybridized carbons (Fsp3) is 0.412. The average Bonchev–Trinajstić information content (AvgIpc) is 2.99. The molecule has 6 heteroatoms. The maximum atomic E-state index is 13.6. The summed E-state index contributed by atoms with van der Waals surface area (Å²) in [6, 6.07) is 6.44. The molecule has 0 atom stereocenters. The molecule has 0 spiro atoms. The molecular formula is C17H20FNO3S. The summed E-state index contributed by atoms with van der Waals surface area (Å²) < 4.78 is 19.0. The van der Waals surface area contributed by atoms with E-state index >= 15 is 0 Å². The largest absolute Gasteiger partial charge is 0.469 e. The Hall–Kier alpha value is -1.95. The normalized spacial score (nSPS) is 10.7. The first-order chi connectivity index (χ1) is 11.1. The maximum absolute atomic E-state index is 13.6. The van der Waals surface area contributed by atoms with Gasteiger partial charge in [-0.15, -0.1) is 11.3 Å². The van der Waals surface area contributed by atoms with Crippen LogP contribution in [0.25, 0.3) is 10.1 Å². The number of carbonyl (C=O) groups is 2. The molecule has 1 N–H and O–H groups in total. The van der Waals surface area contributed by atoms with Crippen LogP contribution in [0.5, 0.6) is 0 Å². The van der Waals surface area contributed by atoms with E-state index in [1.165, 1.54) is 24.5 Å². The Morgan fingerprint density at radius 2 is 2.00 bits per heavy atom. The number of unbranched alkanes of at least 4 members (excludes halogenated alkanes) is 3. The molecule has 1 aromatic heterocycles. The number of hydrogen-bond acceptors (Lipinski definition) is 4. The van der Waals surface area contributed by atoms with E-state index in [2.05, 4.69) is 10.1 Å². The van der Waals surface area contributed by atoms with Gasteiger partial charge in [0.05, 0.1) is 12.0 Å². The van der Waals surface area contributed by atoms with E-state index < -0.39 is 0 Å². The number of hydrogen-bond donors (Lipinski definition) is 1. The molecule has 2 rings (SSSR count). The standard InChI is InChI=1S/C17H20FNO3S/c1-22-16(20)9-4-2-3-5-10-19-17(21)15-11-12-13(18)7-6-8-14(12)23-15/h6-8,11H,2-5,9-10H2,1H3,(H,19,21). The fourth-order valence-electron chi connectivity index (χ4n) is 2.28. The van der Waals surface area contributed by atoms with Crippen molar-refractivity contribution in [2.24, 2.45) is 0 Å². The van der Waals surface area contributed by atoms with Crippen molar-refractivity contribution in [2.75, 3.05) is 13.7 Å². The van der Waals surface area contributed by atoms with Crippen molar-refractivity contribution in [3.8, 4) is 0 Å². The number of thiophene rings is 1. The number of fused-ring (bicyclic) bond motifs is 1. The van der Waals surface area contributed by atoms with Crippen LogP contribution in [0.15, 0.2) is 24.3 Å². The van der Waals surface area contributed by atoms with Crippen LogP contribution >= 0.6 is 11.3 Å². The summed E-state index contributed by atoms with van der Waals surface area (Å²) in [7, 11) is 1.39. The highest BCUT2D eigenvalue weighted by Crippen LogP contribution is 2.27.